The standard InChI is InChI=1S/C21H18F3N3O2/c22-21(23,24)19-7-9-27(26-19)13-20(28)25-12-14-1-3-15(4-2-14)16-5-6-18-17(11-16)8-10-29-18/h1-7,9,11H,8,10,12-13H2,(H,25,28). The predicted molar refractivity (Wildman–Crippen MR) is 100 cm³/mol. The van der Waals surface area contributed by atoms with Crippen molar-refractivity contribution in [3.63, 3.8) is 0 Å². The lowest BCUT2D eigenvalue weighted by molar-refractivity contribution is -0.141. The number of rotatable bonds is 5. The van der Waals surface area contributed by atoms with E-state index in [4.69, 9.17) is 4.74 Å². The average Bonchev–Trinajstić information content (AvgIpc) is 3.35. The highest BCUT2D eigenvalue weighted by Crippen LogP contribution is 2.30. The number of aromatic nitrogens is 2. The van der Waals surface area contributed by atoms with Crippen LogP contribution in [-0.2, 0) is 30.5 Å². The van der Waals surface area contributed by atoms with Gasteiger partial charge in [-0.05, 0) is 40.5 Å². The zero-order valence-corrected chi connectivity index (χ0v) is 15.4. The van der Waals surface area contributed by atoms with E-state index >= 15 is 0 Å². The zero-order chi connectivity index (χ0) is 20.4. The summed E-state index contributed by atoms with van der Waals surface area (Å²) in [6.07, 6.45) is -2.47. The third-order valence-electron chi connectivity index (χ3n) is 4.70. The van der Waals surface area contributed by atoms with Crippen LogP contribution in [0, 0.1) is 0 Å². The molecule has 0 unspecified atom stereocenters. The number of amides is 1. The number of halogens is 3. The normalized spacial score (nSPS) is 13.1. The van der Waals surface area contributed by atoms with E-state index in [-0.39, 0.29) is 13.1 Å². The molecule has 0 fully saturated rings. The van der Waals surface area contributed by atoms with Gasteiger partial charge in [-0.15, -0.1) is 0 Å². The quantitative estimate of drug-likeness (QED) is 0.707. The Morgan fingerprint density at radius 2 is 1.86 bits per heavy atom. The third-order valence-corrected chi connectivity index (χ3v) is 4.70. The molecule has 0 aliphatic carbocycles. The minimum absolute atomic E-state index is 0.272. The Morgan fingerprint density at radius 3 is 2.59 bits per heavy atom. The third kappa shape index (κ3) is 4.42. The van der Waals surface area contributed by atoms with Crippen molar-refractivity contribution in [3.05, 3.63) is 71.5 Å². The molecule has 5 nitrogen and oxygen atoms in total. The smallest absolute Gasteiger partial charge is 0.435 e. The van der Waals surface area contributed by atoms with Crippen molar-refractivity contribution in [3.8, 4) is 16.9 Å². The monoisotopic (exact) mass is 401 g/mol. The Balaban J connectivity index is 1.33. The van der Waals surface area contributed by atoms with Gasteiger partial charge in [0.2, 0.25) is 5.91 Å². The Labute approximate surface area is 165 Å². The molecule has 1 N–H and O–H groups in total. The highest BCUT2D eigenvalue weighted by Gasteiger charge is 2.33. The van der Waals surface area contributed by atoms with Gasteiger partial charge in [-0.3, -0.25) is 9.48 Å². The molecule has 0 spiro atoms. The van der Waals surface area contributed by atoms with Crippen LogP contribution in [0.15, 0.2) is 54.7 Å². The van der Waals surface area contributed by atoms with Gasteiger partial charge in [-0.2, -0.15) is 18.3 Å². The van der Waals surface area contributed by atoms with Crippen LogP contribution >= 0.6 is 0 Å². The minimum Gasteiger partial charge on any atom is -0.493 e. The van der Waals surface area contributed by atoms with Gasteiger partial charge < -0.3 is 10.1 Å². The summed E-state index contributed by atoms with van der Waals surface area (Å²) in [7, 11) is 0. The highest BCUT2D eigenvalue weighted by molar-refractivity contribution is 5.75. The Morgan fingerprint density at radius 1 is 1.10 bits per heavy atom. The molecule has 1 aliphatic heterocycles. The van der Waals surface area contributed by atoms with E-state index in [0.717, 1.165) is 45.8 Å². The van der Waals surface area contributed by atoms with Gasteiger partial charge in [-0.1, -0.05) is 30.3 Å². The molecule has 0 saturated carbocycles. The van der Waals surface area contributed by atoms with Crippen LogP contribution in [-0.4, -0.2) is 22.3 Å². The molecule has 1 aliphatic rings. The van der Waals surface area contributed by atoms with Crippen LogP contribution < -0.4 is 10.1 Å². The molecule has 29 heavy (non-hydrogen) atoms. The summed E-state index contributed by atoms with van der Waals surface area (Å²) in [6.45, 7) is 0.726. The minimum atomic E-state index is -4.52. The maximum atomic E-state index is 12.5. The van der Waals surface area contributed by atoms with Crippen LogP contribution in [0.5, 0.6) is 5.75 Å². The number of nitrogens with one attached hydrogen (secondary N) is 1. The number of nitrogens with zero attached hydrogens (tertiary/aromatic N) is 2. The van der Waals surface area contributed by atoms with Gasteiger partial charge in [0.1, 0.15) is 12.3 Å². The molecule has 1 aromatic heterocycles. The molecule has 0 bridgehead atoms. The van der Waals surface area contributed by atoms with E-state index in [2.05, 4.69) is 16.5 Å². The number of carbonyl (C=O) groups is 1. The summed E-state index contributed by atoms with van der Waals surface area (Å²) >= 11 is 0. The molecule has 0 radical (unpaired) electrons. The van der Waals surface area contributed by atoms with Crippen molar-refractivity contribution in [1.29, 1.82) is 0 Å². The fourth-order valence-corrected chi connectivity index (χ4v) is 3.19. The number of carbonyl (C=O) groups excluding carboxylic acids is 1. The van der Waals surface area contributed by atoms with E-state index in [0.29, 0.717) is 6.61 Å². The topological polar surface area (TPSA) is 56.2 Å². The first-order valence-corrected chi connectivity index (χ1v) is 9.11. The van der Waals surface area contributed by atoms with E-state index in [9.17, 15) is 18.0 Å². The van der Waals surface area contributed by atoms with E-state index in [1.165, 1.54) is 5.56 Å². The Bertz CT molecular complexity index is 1030. The second kappa shape index (κ2) is 7.62. The average molecular weight is 401 g/mol. The maximum absolute atomic E-state index is 12.5. The molecule has 8 heteroatoms. The molecule has 0 atom stereocenters. The van der Waals surface area contributed by atoms with Crippen molar-refractivity contribution in [2.45, 2.75) is 25.7 Å². The molecule has 2 heterocycles. The Hall–Kier alpha value is -3.29. The summed E-state index contributed by atoms with van der Waals surface area (Å²) in [6, 6.07) is 14.7. The molecule has 150 valence electrons. The zero-order valence-electron chi connectivity index (χ0n) is 15.4. The maximum Gasteiger partial charge on any atom is 0.435 e. The number of alkyl halides is 3. The van der Waals surface area contributed by atoms with Crippen molar-refractivity contribution in [2.24, 2.45) is 0 Å². The largest absolute Gasteiger partial charge is 0.493 e. The molecular weight excluding hydrogens is 383 g/mol. The number of hydrogen-bond donors (Lipinski definition) is 1. The number of benzene rings is 2. The summed E-state index contributed by atoms with van der Waals surface area (Å²) in [5, 5.41) is 6.06. The molecular formula is C21H18F3N3O2. The van der Waals surface area contributed by atoms with Crippen LogP contribution in [0.4, 0.5) is 13.2 Å². The summed E-state index contributed by atoms with van der Waals surface area (Å²) in [5.74, 6) is 0.525. The van der Waals surface area contributed by atoms with Crippen LogP contribution in [0.3, 0.4) is 0 Å². The van der Waals surface area contributed by atoms with Gasteiger partial charge in [0, 0.05) is 19.2 Å². The van der Waals surface area contributed by atoms with E-state index < -0.39 is 17.8 Å². The number of fused-ring (bicyclic) bond motifs is 1. The van der Waals surface area contributed by atoms with Crippen LogP contribution in [0.2, 0.25) is 0 Å². The van der Waals surface area contributed by atoms with Gasteiger partial charge in [-0.25, -0.2) is 0 Å². The molecule has 4 rings (SSSR count). The highest BCUT2D eigenvalue weighted by atomic mass is 19.4. The first kappa shape index (κ1) is 19.0. The molecule has 3 aromatic rings. The van der Waals surface area contributed by atoms with Crippen molar-refractivity contribution in [2.75, 3.05) is 6.61 Å². The second-order valence-electron chi connectivity index (χ2n) is 6.79. The van der Waals surface area contributed by atoms with Gasteiger partial charge in [0.25, 0.3) is 0 Å². The van der Waals surface area contributed by atoms with E-state index in [1.54, 1.807) is 0 Å². The lowest BCUT2D eigenvalue weighted by atomic mass is 10.0. The fraction of sp³-hybridized carbons (Fsp3) is 0.238. The predicted octanol–water partition coefficient (Wildman–Crippen LogP) is 3.82. The van der Waals surface area contributed by atoms with Crippen LogP contribution in [0.1, 0.15) is 16.8 Å². The van der Waals surface area contributed by atoms with Crippen LogP contribution in [0.25, 0.3) is 11.1 Å². The lowest BCUT2D eigenvalue weighted by Crippen LogP contribution is -2.27. The fourth-order valence-electron chi connectivity index (χ4n) is 3.19. The number of hydrogen-bond acceptors (Lipinski definition) is 3. The summed E-state index contributed by atoms with van der Waals surface area (Å²) in [4.78, 5) is 12.0. The SMILES string of the molecule is O=C(Cn1ccc(C(F)(F)F)n1)NCc1ccc(-c2ccc3c(c2)CCO3)cc1. The molecule has 0 saturated heterocycles. The van der Waals surface area contributed by atoms with E-state index in [1.807, 2.05) is 36.4 Å². The van der Waals surface area contributed by atoms with Crippen molar-refractivity contribution in [1.82, 2.24) is 15.1 Å². The van der Waals surface area contributed by atoms with Crippen molar-refractivity contribution >= 4 is 5.91 Å². The summed E-state index contributed by atoms with van der Waals surface area (Å²) in [5.41, 5.74) is 3.24. The van der Waals surface area contributed by atoms with Gasteiger partial charge in [0.15, 0.2) is 5.69 Å². The molecule has 1 amide bonds. The number of ether oxygens (including phenoxy) is 1. The van der Waals surface area contributed by atoms with Gasteiger partial charge in [0.05, 0.1) is 6.61 Å². The second-order valence-corrected chi connectivity index (χ2v) is 6.79. The van der Waals surface area contributed by atoms with Crippen molar-refractivity contribution < 1.29 is 22.7 Å². The lowest BCUT2D eigenvalue weighted by Gasteiger charge is -2.08. The summed E-state index contributed by atoms with van der Waals surface area (Å²) < 4.78 is 44.1. The Kier molecular flexibility index (Phi) is 5.00. The first-order valence-electron chi connectivity index (χ1n) is 9.11. The van der Waals surface area contributed by atoms with Gasteiger partial charge >= 0.3 is 6.18 Å². The molecule has 2 aromatic carbocycles. The first-order chi connectivity index (χ1) is 13.9.